The zero-order chi connectivity index (χ0) is 26.0. The Kier molecular flexibility index (Phi) is 5.67. The second kappa shape index (κ2) is 7.94. The Bertz CT molecular complexity index is 1270. The molecule has 1 aliphatic carbocycles. The lowest BCUT2D eigenvalue weighted by Gasteiger charge is -2.33. The number of nitrogens with zero attached hydrogens (tertiary/aromatic N) is 1. The third-order valence-corrected chi connectivity index (χ3v) is 6.09. The number of aliphatic imine (C=N–C) groups is 1. The lowest BCUT2D eigenvalue weighted by molar-refractivity contribution is -0.139. The van der Waals surface area contributed by atoms with Crippen molar-refractivity contribution < 1.29 is 35.9 Å². The highest BCUT2D eigenvalue weighted by molar-refractivity contribution is 6.21. The molecule has 0 saturated carbocycles. The summed E-state index contributed by atoms with van der Waals surface area (Å²) < 4.78 is 86.8. The Morgan fingerprint density at radius 2 is 1.63 bits per heavy atom. The first-order chi connectivity index (χ1) is 16.1. The van der Waals surface area contributed by atoms with Crippen molar-refractivity contribution in [2.24, 2.45) is 4.99 Å². The Labute approximate surface area is 197 Å². The fourth-order valence-electron chi connectivity index (χ4n) is 4.83. The van der Waals surface area contributed by atoms with Crippen molar-refractivity contribution in [1.29, 1.82) is 0 Å². The van der Waals surface area contributed by atoms with Crippen LogP contribution in [0.1, 0.15) is 55.5 Å². The number of fused-ring (bicyclic) bond motifs is 2. The van der Waals surface area contributed by atoms with Crippen LogP contribution in [0.2, 0.25) is 0 Å². The standard InChI is InChI=1S/C25H22F6N2O2/c1-5-35-21(34)19-13(2)17-10-9-16(25(29,30)31)12-18(17)23(19)20(32-22(3,4)33-23)14-7-6-8-15(11-14)24(26,27)28/h6-12,33H,5H2,1-4H3. The number of ether oxygens (including phenoxy) is 1. The SMILES string of the molecule is CCOC(=O)C1=C(C)c2ccc(C(F)(F)F)cc2C12NC(C)(C)N=C2c1cccc(C(F)(F)F)c1. The molecule has 186 valence electrons. The van der Waals surface area contributed by atoms with Crippen LogP contribution in [0.3, 0.4) is 0 Å². The molecular weight excluding hydrogens is 474 g/mol. The minimum Gasteiger partial charge on any atom is -0.463 e. The molecule has 2 aromatic rings. The lowest BCUT2D eigenvalue weighted by atomic mass is 9.78. The number of allylic oxidation sites excluding steroid dienone is 1. The molecule has 1 unspecified atom stereocenters. The molecule has 1 heterocycles. The summed E-state index contributed by atoms with van der Waals surface area (Å²) in [6.07, 6.45) is -9.34. The van der Waals surface area contributed by atoms with Gasteiger partial charge in [-0.25, -0.2) is 4.79 Å². The van der Waals surface area contributed by atoms with Gasteiger partial charge in [-0.1, -0.05) is 18.2 Å². The molecule has 10 heteroatoms. The minimum absolute atomic E-state index is 0.00425. The summed E-state index contributed by atoms with van der Waals surface area (Å²) >= 11 is 0. The van der Waals surface area contributed by atoms with E-state index in [1.54, 1.807) is 27.7 Å². The molecule has 1 atom stereocenters. The highest BCUT2D eigenvalue weighted by atomic mass is 19.4. The van der Waals surface area contributed by atoms with Crippen molar-refractivity contribution in [3.05, 3.63) is 75.9 Å². The Morgan fingerprint density at radius 1 is 1.00 bits per heavy atom. The quantitative estimate of drug-likeness (QED) is 0.413. The van der Waals surface area contributed by atoms with E-state index in [1.165, 1.54) is 18.2 Å². The highest BCUT2D eigenvalue weighted by Crippen LogP contribution is 2.52. The molecule has 35 heavy (non-hydrogen) atoms. The second-order valence-electron chi connectivity index (χ2n) is 8.95. The molecule has 0 bridgehead atoms. The molecule has 0 saturated heterocycles. The highest BCUT2D eigenvalue weighted by Gasteiger charge is 2.58. The zero-order valence-electron chi connectivity index (χ0n) is 19.3. The van der Waals surface area contributed by atoms with Crippen molar-refractivity contribution in [1.82, 2.24) is 5.32 Å². The number of benzene rings is 2. The van der Waals surface area contributed by atoms with Crippen LogP contribution in [-0.4, -0.2) is 24.0 Å². The largest absolute Gasteiger partial charge is 0.463 e. The van der Waals surface area contributed by atoms with Gasteiger partial charge in [0, 0.05) is 0 Å². The smallest absolute Gasteiger partial charge is 0.416 e. The minimum atomic E-state index is -4.68. The van der Waals surface area contributed by atoms with E-state index in [0.717, 1.165) is 24.3 Å². The van der Waals surface area contributed by atoms with E-state index in [2.05, 4.69) is 10.3 Å². The van der Waals surface area contributed by atoms with E-state index in [4.69, 9.17) is 4.74 Å². The molecule has 1 spiro atoms. The van der Waals surface area contributed by atoms with Gasteiger partial charge in [-0.3, -0.25) is 10.3 Å². The van der Waals surface area contributed by atoms with Gasteiger partial charge in [-0.05, 0) is 74.2 Å². The summed E-state index contributed by atoms with van der Waals surface area (Å²) in [6.45, 7) is 6.40. The Hall–Kier alpha value is -3.14. The van der Waals surface area contributed by atoms with Gasteiger partial charge in [0.15, 0.2) is 0 Å². The van der Waals surface area contributed by atoms with Crippen LogP contribution >= 0.6 is 0 Å². The van der Waals surface area contributed by atoms with Crippen molar-refractivity contribution in [2.45, 2.75) is 51.2 Å². The molecule has 0 radical (unpaired) electrons. The topological polar surface area (TPSA) is 50.7 Å². The molecule has 0 amide bonds. The van der Waals surface area contributed by atoms with Gasteiger partial charge in [0.2, 0.25) is 0 Å². The van der Waals surface area contributed by atoms with Crippen molar-refractivity contribution in [3.63, 3.8) is 0 Å². The van der Waals surface area contributed by atoms with Crippen LogP contribution in [-0.2, 0) is 27.4 Å². The lowest BCUT2D eigenvalue weighted by Crippen LogP contribution is -2.52. The predicted octanol–water partition coefficient (Wildman–Crippen LogP) is 6.10. The zero-order valence-corrected chi connectivity index (χ0v) is 19.3. The van der Waals surface area contributed by atoms with E-state index in [9.17, 15) is 31.1 Å². The fraction of sp³-hybridized carbons (Fsp3) is 0.360. The first-order valence-corrected chi connectivity index (χ1v) is 10.8. The summed E-state index contributed by atoms with van der Waals surface area (Å²) in [7, 11) is 0. The van der Waals surface area contributed by atoms with Gasteiger partial charge in [0.25, 0.3) is 0 Å². The number of nitrogens with one attached hydrogen (secondary N) is 1. The molecule has 1 N–H and O–H groups in total. The average Bonchev–Trinajstić information content (AvgIpc) is 3.17. The van der Waals surface area contributed by atoms with Crippen molar-refractivity contribution in [2.75, 3.05) is 6.61 Å². The number of esters is 1. The summed E-state index contributed by atoms with van der Waals surface area (Å²) in [4.78, 5) is 17.8. The number of halogens is 6. The maximum absolute atomic E-state index is 13.7. The normalized spacial score (nSPS) is 21.4. The first kappa shape index (κ1) is 25.0. The van der Waals surface area contributed by atoms with E-state index in [-0.39, 0.29) is 29.0 Å². The summed E-state index contributed by atoms with van der Waals surface area (Å²) in [5, 5.41) is 3.16. The Morgan fingerprint density at radius 3 is 2.23 bits per heavy atom. The van der Waals surface area contributed by atoms with E-state index in [1.807, 2.05) is 0 Å². The van der Waals surface area contributed by atoms with Crippen LogP contribution in [0.4, 0.5) is 26.3 Å². The molecular formula is C25H22F6N2O2. The number of carbonyl (C=O) groups is 1. The number of rotatable bonds is 3. The second-order valence-corrected chi connectivity index (χ2v) is 8.95. The molecule has 0 fully saturated rings. The van der Waals surface area contributed by atoms with Crippen molar-refractivity contribution in [3.8, 4) is 0 Å². The predicted molar refractivity (Wildman–Crippen MR) is 118 cm³/mol. The van der Waals surface area contributed by atoms with Gasteiger partial charge in [0.1, 0.15) is 11.2 Å². The molecule has 0 aromatic heterocycles. The molecule has 2 aliphatic rings. The van der Waals surface area contributed by atoms with E-state index >= 15 is 0 Å². The summed E-state index contributed by atoms with van der Waals surface area (Å²) in [5.41, 5.74) is -3.96. The summed E-state index contributed by atoms with van der Waals surface area (Å²) in [5.74, 6) is -0.792. The number of hydrogen-bond donors (Lipinski definition) is 1. The van der Waals surface area contributed by atoms with Crippen LogP contribution < -0.4 is 5.32 Å². The van der Waals surface area contributed by atoms with Crippen LogP contribution in [0.25, 0.3) is 5.57 Å². The van der Waals surface area contributed by atoms with Crippen molar-refractivity contribution >= 4 is 17.3 Å². The van der Waals surface area contributed by atoms with Gasteiger partial charge in [-0.2, -0.15) is 26.3 Å². The number of alkyl halides is 6. The average molecular weight is 496 g/mol. The van der Waals surface area contributed by atoms with Gasteiger partial charge in [-0.15, -0.1) is 0 Å². The number of hydrogen-bond acceptors (Lipinski definition) is 4. The first-order valence-electron chi connectivity index (χ1n) is 10.8. The van der Waals surface area contributed by atoms with Crippen LogP contribution in [0, 0.1) is 0 Å². The van der Waals surface area contributed by atoms with Crippen LogP contribution in [0.15, 0.2) is 53.0 Å². The molecule has 4 rings (SSSR count). The van der Waals surface area contributed by atoms with E-state index in [0.29, 0.717) is 11.1 Å². The maximum atomic E-state index is 13.7. The summed E-state index contributed by atoms with van der Waals surface area (Å²) in [6, 6.07) is 7.45. The molecule has 4 nitrogen and oxygen atoms in total. The monoisotopic (exact) mass is 496 g/mol. The van der Waals surface area contributed by atoms with Crippen LogP contribution in [0.5, 0.6) is 0 Å². The Balaban J connectivity index is 2.06. The molecule has 1 aliphatic heterocycles. The van der Waals surface area contributed by atoms with Gasteiger partial charge >= 0.3 is 18.3 Å². The van der Waals surface area contributed by atoms with E-state index < -0.39 is 40.7 Å². The third kappa shape index (κ3) is 4.03. The third-order valence-electron chi connectivity index (χ3n) is 6.09. The van der Waals surface area contributed by atoms with Gasteiger partial charge in [0.05, 0.1) is 29.0 Å². The molecule has 2 aromatic carbocycles. The fourth-order valence-corrected chi connectivity index (χ4v) is 4.83. The number of carbonyl (C=O) groups excluding carboxylic acids is 1. The maximum Gasteiger partial charge on any atom is 0.416 e. The van der Waals surface area contributed by atoms with Gasteiger partial charge < -0.3 is 4.74 Å².